The van der Waals surface area contributed by atoms with Gasteiger partial charge in [-0.1, -0.05) is 17.7 Å². The molecule has 5 nitrogen and oxygen atoms in total. The van der Waals surface area contributed by atoms with Crippen LogP contribution in [0, 0.1) is 0 Å². The molecule has 0 radical (unpaired) electrons. The number of amides is 1. The summed E-state index contributed by atoms with van der Waals surface area (Å²) >= 11 is 0. The van der Waals surface area contributed by atoms with Gasteiger partial charge in [-0.2, -0.15) is 0 Å². The largest absolute Gasteiger partial charge is 0.497 e. The Labute approximate surface area is 125 Å². The van der Waals surface area contributed by atoms with Gasteiger partial charge in [-0.3, -0.25) is 4.90 Å². The van der Waals surface area contributed by atoms with Crippen LogP contribution >= 0.6 is 0 Å². The van der Waals surface area contributed by atoms with Crippen LogP contribution in [0.4, 0.5) is 4.79 Å². The molecule has 2 N–H and O–H groups in total. The van der Waals surface area contributed by atoms with Gasteiger partial charge >= 0.3 is 6.09 Å². The molecule has 0 spiro atoms. The third-order valence-corrected chi connectivity index (χ3v) is 3.36. The van der Waals surface area contributed by atoms with Crippen molar-refractivity contribution in [1.82, 2.24) is 4.90 Å². The standard InChI is InChI=1S/C16H23NO4/c1-11(2)9-15(18)12(3)17(16(19)20)10-13-5-7-14(21-4)8-6-13/h5-8,12,15,18H,1,9-10H2,2-4H3,(H,19,20)/t12-,15?/m0/s1. The van der Waals surface area contributed by atoms with E-state index in [-0.39, 0.29) is 6.54 Å². The fraction of sp³-hybridized carbons (Fsp3) is 0.438. The van der Waals surface area contributed by atoms with Crippen LogP contribution in [-0.4, -0.2) is 40.5 Å². The van der Waals surface area contributed by atoms with Crippen molar-refractivity contribution in [3.63, 3.8) is 0 Å². The first kappa shape index (κ1) is 17.0. The predicted octanol–water partition coefficient (Wildman–Crippen LogP) is 2.89. The lowest BCUT2D eigenvalue weighted by atomic mass is 10.0. The average Bonchev–Trinajstić information content (AvgIpc) is 2.43. The van der Waals surface area contributed by atoms with Gasteiger partial charge in [-0.25, -0.2) is 4.79 Å². The van der Waals surface area contributed by atoms with E-state index in [1.54, 1.807) is 26.2 Å². The van der Waals surface area contributed by atoms with E-state index >= 15 is 0 Å². The minimum Gasteiger partial charge on any atom is -0.497 e. The Balaban J connectivity index is 2.80. The first-order chi connectivity index (χ1) is 9.85. The molecule has 2 atom stereocenters. The predicted molar refractivity (Wildman–Crippen MR) is 81.5 cm³/mol. The van der Waals surface area contributed by atoms with Crippen LogP contribution in [0.5, 0.6) is 5.75 Å². The van der Waals surface area contributed by atoms with Crippen LogP contribution in [-0.2, 0) is 6.54 Å². The van der Waals surface area contributed by atoms with Crippen LogP contribution in [0.25, 0.3) is 0 Å². The maximum Gasteiger partial charge on any atom is 0.407 e. The number of methoxy groups -OCH3 is 1. The number of ether oxygens (including phenoxy) is 1. The molecule has 0 heterocycles. The van der Waals surface area contributed by atoms with Crippen LogP contribution in [0.3, 0.4) is 0 Å². The van der Waals surface area contributed by atoms with E-state index in [0.29, 0.717) is 6.42 Å². The molecule has 5 heteroatoms. The van der Waals surface area contributed by atoms with Crippen LogP contribution in [0.15, 0.2) is 36.4 Å². The van der Waals surface area contributed by atoms with Crippen molar-refractivity contribution in [2.24, 2.45) is 0 Å². The van der Waals surface area contributed by atoms with Crippen LogP contribution < -0.4 is 4.74 Å². The van der Waals surface area contributed by atoms with E-state index in [0.717, 1.165) is 16.9 Å². The van der Waals surface area contributed by atoms with E-state index in [4.69, 9.17) is 4.74 Å². The monoisotopic (exact) mass is 293 g/mol. The maximum atomic E-state index is 11.4. The zero-order valence-corrected chi connectivity index (χ0v) is 12.7. The SMILES string of the molecule is C=C(C)CC(O)[C@H](C)N(Cc1ccc(OC)cc1)C(=O)O. The summed E-state index contributed by atoms with van der Waals surface area (Å²) in [4.78, 5) is 12.7. The van der Waals surface area contributed by atoms with Crippen LogP contribution in [0.1, 0.15) is 25.8 Å². The van der Waals surface area contributed by atoms with Crippen molar-refractivity contribution in [3.8, 4) is 5.75 Å². The molecule has 0 aromatic heterocycles. The molecule has 0 aliphatic heterocycles. The number of aliphatic hydroxyl groups excluding tert-OH is 1. The van der Waals surface area contributed by atoms with Crippen molar-refractivity contribution >= 4 is 6.09 Å². The quantitative estimate of drug-likeness (QED) is 0.758. The van der Waals surface area contributed by atoms with Gasteiger partial charge in [0.05, 0.1) is 19.3 Å². The molecule has 0 saturated carbocycles. The normalized spacial score (nSPS) is 13.3. The summed E-state index contributed by atoms with van der Waals surface area (Å²) < 4.78 is 5.07. The smallest absolute Gasteiger partial charge is 0.407 e. The highest BCUT2D eigenvalue weighted by molar-refractivity contribution is 5.65. The molecule has 1 rings (SSSR count). The number of carbonyl (C=O) groups is 1. The Kier molecular flexibility index (Phi) is 6.24. The Morgan fingerprint density at radius 2 is 1.95 bits per heavy atom. The van der Waals surface area contributed by atoms with Crippen molar-refractivity contribution in [2.45, 2.75) is 39.0 Å². The molecule has 0 aliphatic carbocycles. The minimum absolute atomic E-state index is 0.216. The molecule has 1 aromatic rings. The van der Waals surface area contributed by atoms with Gasteiger partial charge in [0.15, 0.2) is 0 Å². The van der Waals surface area contributed by atoms with Gasteiger partial charge in [0, 0.05) is 6.54 Å². The fourth-order valence-electron chi connectivity index (χ4n) is 2.05. The Hall–Kier alpha value is -2.01. The first-order valence-electron chi connectivity index (χ1n) is 6.80. The second-order valence-corrected chi connectivity index (χ2v) is 5.23. The van der Waals surface area contributed by atoms with E-state index in [9.17, 15) is 15.0 Å². The zero-order chi connectivity index (χ0) is 16.0. The summed E-state index contributed by atoms with van der Waals surface area (Å²) in [6.45, 7) is 7.47. The molecule has 1 aromatic carbocycles. The molecule has 0 aliphatic rings. The highest BCUT2D eigenvalue weighted by atomic mass is 16.5. The van der Waals surface area contributed by atoms with E-state index < -0.39 is 18.2 Å². The molecule has 21 heavy (non-hydrogen) atoms. The van der Waals surface area contributed by atoms with Gasteiger partial charge in [0.25, 0.3) is 0 Å². The number of rotatable bonds is 7. The molecule has 116 valence electrons. The molecular formula is C16H23NO4. The van der Waals surface area contributed by atoms with Crippen LogP contribution in [0.2, 0.25) is 0 Å². The summed E-state index contributed by atoms with van der Waals surface area (Å²) in [6.07, 6.45) is -1.44. The number of nitrogens with zero attached hydrogens (tertiary/aromatic N) is 1. The van der Waals surface area contributed by atoms with Crippen molar-refractivity contribution < 1.29 is 19.7 Å². The summed E-state index contributed by atoms with van der Waals surface area (Å²) in [5, 5.41) is 19.4. The summed E-state index contributed by atoms with van der Waals surface area (Å²) in [5.74, 6) is 0.719. The summed E-state index contributed by atoms with van der Waals surface area (Å²) in [5.41, 5.74) is 1.66. The molecule has 0 fully saturated rings. The lowest BCUT2D eigenvalue weighted by molar-refractivity contribution is 0.0525. The maximum absolute atomic E-state index is 11.4. The number of carboxylic acid groups (broad SMARTS) is 1. The zero-order valence-electron chi connectivity index (χ0n) is 12.7. The number of hydrogen-bond acceptors (Lipinski definition) is 3. The molecule has 0 bridgehead atoms. The highest BCUT2D eigenvalue weighted by Gasteiger charge is 2.25. The third kappa shape index (κ3) is 5.11. The van der Waals surface area contributed by atoms with E-state index in [1.807, 2.05) is 19.1 Å². The molecule has 0 saturated heterocycles. The first-order valence-corrected chi connectivity index (χ1v) is 6.80. The van der Waals surface area contributed by atoms with Gasteiger partial charge in [-0.15, -0.1) is 6.58 Å². The van der Waals surface area contributed by atoms with E-state index in [1.165, 1.54) is 4.90 Å². The lowest BCUT2D eigenvalue weighted by Crippen LogP contribution is -2.44. The number of aliphatic hydroxyl groups is 1. The summed E-state index contributed by atoms with van der Waals surface area (Å²) in [7, 11) is 1.58. The van der Waals surface area contributed by atoms with Crippen molar-refractivity contribution in [1.29, 1.82) is 0 Å². The fourth-order valence-corrected chi connectivity index (χ4v) is 2.05. The number of hydrogen-bond donors (Lipinski definition) is 2. The van der Waals surface area contributed by atoms with Gasteiger partial charge in [0.1, 0.15) is 5.75 Å². The topological polar surface area (TPSA) is 70.0 Å². The van der Waals surface area contributed by atoms with Gasteiger partial charge in [-0.05, 0) is 38.0 Å². The lowest BCUT2D eigenvalue weighted by Gasteiger charge is -2.30. The third-order valence-electron chi connectivity index (χ3n) is 3.36. The minimum atomic E-state index is -1.06. The number of benzene rings is 1. The second-order valence-electron chi connectivity index (χ2n) is 5.23. The highest BCUT2D eigenvalue weighted by Crippen LogP contribution is 2.17. The summed E-state index contributed by atoms with van der Waals surface area (Å²) in [6, 6.07) is 6.68. The van der Waals surface area contributed by atoms with Gasteiger partial charge < -0.3 is 14.9 Å². The van der Waals surface area contributed by atoms with Gasteiger partial charge in [0.2, 0.25) is 0 Å². The molecular weight excluding hydrogens is 270 g/mol. The molecule has 1 unspecified atom stereocenters. The van der Waals surface area contributed by atoms with E-state index in [2.05, 4.69) is 6.58 Å². The Morgan fingerprint density at radius 3 is 2.38 bits per heavy atom. The molecule has 1 amide bonds. The van der Waals surface area contributed by atoms with Crippen molar-refractivity contribution in [2.75, 3.05) is 7.11 Å². The second kappa shape index (κ2) is 7.69. The average molecular weight is 293 g/mol. The van der Waals surface area contributed by atoms with Crippen molar-refractivity contribution in [3.05, 3.63) is 42.0 Å². The Bertz CT molecular complexity index is 484. The Morgan fingerprint density at radius 1 is 1.38 bits per heavy atom.